The molecule has 0 aliphatic heterocycles. The standard InChI is InChI=1S/C39H39N5O5/c45-37(41-34(39(47)48)22-29-21-28-13-7-8-14-32(28)40-29)33-23-35-42-36(27-16-18-30(19-17-27)49-24-26-11-5-2-6-12-26)31(38(46)44(35)43-33)20-15-25-9-3-1-4-10-25/h2,5-8,11-14,16-19,21,23,25,34,40,42H,1,3-4,9-10,15,20,22,24H2,(H,41,45)(H,47,48)/t34-/m0/s1. The zero-order valence-electron chi connectivity index (χ0n) is 27.2. The van der Waals surface area contributed by atoms with Crippen molar-refractivity contribution in [1.29, 1.82) is 0 Å². The third kappa shape index (κ3) is 7.28. The third-order valence-electron chi connectivity index (χ3n) is 9.48. The van der Waals surface area contributed by atoms with Crippen LogP contribution in [-0.2, 0) is 24.2 Å². The lowest BCUT2D eigenvalue weighted by atomic mass is 9.85. The van der Waals surface area contributed by atoms with E-state index in [-0.39, 0.29) is 17.7 Å². The number of rotatable bonds is 12. The van der Waals surface area contributed by atoms with Crippen LogP contribution in [0.1, 0.15) is 65.8 Å². The molecule has 0 radical (unpaired) electrons. The summed E-state index contributed by atoms with van der Waals surface area (Å²) in [4.78, 5) is 46.2. The minimum absolute atomic E-state index is 0.0451. The van der Waals surface area contributed by atoms with E-state index in [2.05, 4.69) is 20.4 Å². The summed E-state index contributed by atoms with van der Waals surface area (Å²) in [5.41, 5.74) is 4.75. The summed E-state index contributed by atoms with van der Waals surface area (Å²) >= 11 is 0. The number of benzene rings is 3. The number of nitrogens with zero attached hydrogens (tertiary/aromatic N) is 2. The van der Waals surface area contributed by atoms with Gasteiger partial charge in [0.15, 0.2) is 5.69 Å². The first-order chi connectivity index (χ1) is 23.9. The number of carboxylic acid groups (broad SMARTS) is 1. The van der Waals surface area contributed by atoms with Gasteiger partial charge in [-0.1, -0.05) is 80.6 Å². The Bertz CT molecular complexity index is 2110. The summed E-state index contributed by atoms with van der Waals surface area (Å²) in [7, 11) is 0. The van der Waals surface area contributed by atoms with Crippen LogP contribution in [0.15, 0.2) is 95.8 Å². The van der Waals surface area contributed by atoms with Crippen molar-refractivity contribution in [3.63, 3.8) is 0 Å². The smallest absolute Gasteiger partial charge is 0.326 e. The van der Waals surface area contributed by atoms with E-state index in [4.69, 9.17) is 4.74 Å². The number of aliphatic carboxylic acids is 1. The molecular formula is C39H39N5O5. The summed E-state index contributed by atoms with van der Waals surface area (Å²) in [6.45, 7) is 0.445. The second kappa shape index (κ2) is 14.2. The van der Waals surface area contributed by atoms with Crippen LogP contribution in [0.3, 0.4) is 0 Å². The number of hydrogen-bond acceptors (Lipinski definition) is 5. The molecule has 49 heavy (non-hydrogen) atoms. The van der Waals surface area contributed by atoms with Gasteiger partial charge in [-0.15, -0.1) is 0 Å². The van der Waals surface area contributed by atoms with Crippen molar-refractivity contribution >= 4 is 28.4 Å². The van der Waals surface area contributed by atoms with Crippen molar-refractivity contribution in [1.82, 2.24) is 24.9 Å². The van der Waals surface area contributed by atoms with Crippen LogP contribution >= 0.6 is 0 Å². The second-order valence-corrected chi connectivity index (χ2v) is 12.9. The first-order valence-corrected chi connectivity index (χ1v) is 16.9. The van der Waals surface area contributed by atoms with Gasteiger partial charge in [-0.3, -0.25) is 9.59 Å². The number of carbonyl (C=O) groups is 2. The van der Waals surface area contributed by atoms with E-state index in [0.717, 1.165) is 41.3 Å². The lowest BCUT2D eigenvalue weighted by Gasteiger charge is -2.21. The number of carboxylic acids is 1. The molecule has 10 nitrogen and oxygen atoms in total. The highest BCUT2D eigenvalue weighted by Gasteiger charge is 2.25. The summed E-state index contributed by atoms with van der Waals surface area (Å²) in [6.07, 6.45) is 7.54. The highest BCUT2D eigenvalue weighted by Crippen LogP contribution is 2.30. The fourth-order valence-electron chi connectivity index (χ4n) is 6.83. The van der Waals surface area contributed by atoms with Crippen molar-refractivity contribution in [3.05, 3.63) is 124 Å². The van der Waals surface area contributed by atoms with Crippen molar-refractivity contribution in [2.45, 2.75) is 64.0 Å². The summed E-state index contributed by atoms with van der Waals surface area (Å²) in [5, 5.41) is 17.9. The average molecular weight is 658 g/mol. The van der Waals surface area contributed by atoms with Gasteiger partial charge < -0.3 is 25.1 Å². The lowest BCUT2D eigenvalue weighted by molar-refractivity contribution is -0.139. The van der Waals surface area contributed by atoms with E-state index in [0.29, 0.717) is 47.3 Å². The highest BCUT2D eigenvalue weighted by molar-refractivity contribution is 5.96. The fourth-order valence-corrected chi connectivity index (χ4v) is 6.83. The Labute approximate surface area is 283 Å². The number of aromatic amines is 2. The first kappa shape index (κ1) is 31.9. The Morgan fingerprint density at radius 1 is 0.939 bits per heavy atom. The van der Waals surface area contributed by atoms with Gasteiger partial charge in [0.1, 0.15) is 24.0 Å². The zero-order valence-corrected chi connectivity index (χ0v) is 27.2. The maximum Gasteiger partial charge on any atom is 0.326 e. The van der Waals surface area contributed by atoms with Gasteiger partial charge in [0, 0.05) is 29.3 Å². The largest absolute Gasteiger partial charge is 0.489 e. The molecule has 1 saturated carbocycles. The quantitative estimate of drug-likeness (QED) is 0.116. The van der Waals surface area contributed by atoms with Gasteiger partial charge in [0.2, 0.25) is 0 Å². The van der Waals surface area contributed by atoms with E-state index in [9.17, 15) is 19.5 Å². The van der Waals surface area contributed by atoms with Crippen LogP contribution in [0.2, 0.25) is 0 Å². The molecule has 1 aliphatic rings. The van der Waals surface area contributed by atoms with Crippen molar-refractivity contribution < 1.29 is 19.4 Å². The monoisotopic (exact) mass is 657 g/mol. The number of hydrogen-bond donors (Lipinski definition) is 4. The molecule has 4 N–H and O–H groups in total. The molecule has 1 atom stereocenters. The van der Waals surface area contributed by atoms with E-state index in [1.54, 1.807) is 0 Å². The van der Waals surface area contributed by atoms with Gasteiger partial charge in [-0.25, -0.2) is 4.79 Å². The topological polar surface area (TPSA) is 142 Å². The number of ether oxygens (including phenoxy) is 1. The zero-order chi connectivity index (χ0) is 33.7. The van der Waals surface area contributed by atoms with Crippen LogP contribution in [0.4, 0.5) is 0 Å². The number of nitrogens with one attached hydrogen (secondary N) is 3. The maximum atomic E-state index is 14.0. The molecule has 0 unspecified atom stereocenters. The van der Waals surface area contributed by atoms with E-state index >= 15 is 0 Å². The number of aromatic nitrogens is 4. The highest BCUT2D eigenvalue weighted by atomic mass is 16.5. The maximum absolute atomic E-state index is 14.0. The Hall–Kier alpha value is -5.64. The first-order valence-electron chi connectivity index (χ1n) is 16.9. The van der Waals surface area contributed by atoms with E-state index in [1.165, 1.54) is 29.8 Å². The molecule has 1 aliphatic carbocycles. The molecule has 0 bridgehead atoms. The molecule has 1 amide bonds. The predicted molar refractivity (Wildman–Crippen MR) is 188 cm³/mol. The van der Waals surface area contributed by atoms with Crippen LogP contribution in [0.5, 0.6) is 5.75 Å². The third-order valence-corrected chi connectivity index (χ3v) is 9.48. The molecule has 3 aromatic heterocycles. The Morgan fingerprint density at radius 2 is 1.69 bits per heavy atom. The molecular weight excluding hydrogens is 618 g/mol. The number of carbonyl (C=O) groups excluding carboxylic acids is 1. The molecule has 1 fully saturated rings. The molecule has 250 valence electrons. The predicted octanol–water partition coefficient (Wildman–Crippen LogP) is 6.69. The van der Waals surface area contributed by atoms with Crippen LogP contribution in [0.25, 0.3) is 27.8 Å². The molecule has 7 rings (SSSR count). The molecule has 10 heteroatoms. The van der Waals surface area contributed by atoms with Gasteiger partial charge in [0.25, 0.3) is 11.5 Å². The van der Waals surface area contributed by atoms with Crippen molar-refractivity contribution in [2.24, 2.45) is 5.92 Å². The number of H-pyrrole nitrogens is 2. The fraction of sp³-hybridized carbons (Fsp3) is 0.282. The number of para-hydroxylation sites is 1. The SMILES string of the molecule is O=C(N[C@@H](Cc1cc2ccccc2[nH]1)C(=O)O)c1cc2[nH]c(-c3ccc(OCc4ccccc4)cc3)c(CCC3CCCCC3)c(=O)n2n1. The molecule has 0 saturated heterocycles. The summed E-state index contributed by atoms with van der Waals surface area (Å²) in [5.74, 6) is -0.571. The Kier molecular flexibility index (Phi) is 9.27. The minimum Gasteiger partial charge on any atom is -0.489 e. The van der Waals surface area contributed by atoms with Crippen LogP contribution in [0, 0.1) is 5.92 Å². The van der Waals surface area contributed by atoms with Crippen LogP contribution < -0.4 is 15.6 Å². The number of amides is 1. The second-order valence-electron chi connectivity index (χ2n) is 12.9. The lowest BCUT2D eigenvalue weighted by Crippen LogP contribution is -2.42. The van der Waals surface area contributed by atoms with Gasteiger partial charge in [-0.05, 0) is 71.7 Å². The minimum atomic E-state index is -1.20. The average Bonchev–Trinajstić information content (AvgIpc) is 3.75. The van der Waals surface area contributed by atoms with Gasteiger partial charge in [-0.2, -0.15) is 9.61 Å². The van der Waals surface area contributed by atoms with E-state index in [1.807, 2.05) is 84.9 Å². The molecule has 3 heterocycles. The van der Waals surface area contributed by atoms with Crippen molar-refractivity contribution in [3.8, 4) is 17.0 Å². The molecule has 0 spiro atoms. The summed E-state index contributed by atoms with van der Waals surface area (Å²) in [6, 6.07) is 27.4. The molecule has 3 aromatic carbocycles. The van der Waals surface area contributed by atoms with Gasteiger partial charge >= 0.3 is 5.97 Å². The normalized spacial score (nSPS) is 14.2. The van der Waals surface area contributed by atoms with Gasteiger partial charge in [0.05, 0.1) is 5.69 Å². The van der Waals surface area contributed by atoms with Crippen LogP contribution in [-0.4, -0.2) is 42.6 Å². The molecule has 6 aromatic rings. The Morgan fingerprint density at radius 3 is 2.45 bits per heavy atom. The summed E-state index contributed by atoms with van der Waals surface area (Å²) < 4.78 is 7.21. The van der Waals surface area contributed by atoms with Crippen molar-refractivity contribution in [2.75, 3.05) is 0 Å². The number of fused-ring (bicyclic) bond motifs is 2. The van der Waals surface area contributed by atoms with E-state index < -0.39 is 17.9 Å². The Balaban J connectivity index is 1.15.